The van der Waals surface area contributed by atoms with Crippen molar-refractivity contribution < 1.29 is 9.53 Å². The first-order chi connectivity index (χ1) is 9.26. The lowest BCUT2D eigenvalue weighted by Gasteiger charge is -2.13. The van der Waals surface area contributed by atoms with E-state index in [0.717, 1.165) is 5.56 Å². The minimum Gasteiger partial charge on any atom is -0.465 e. The van der Waals surface area contributed by atoms with Gasteiger partial charge in [0.1, 0.15) is 12.0 Å². The third kappa shape index (κ3) is 2.98. The highest BCUT2D eigenvalue weighted by Crippen LogP contribution is 2.27. The predicted molar refractivity (Wildman–Crippen MR) is 71.7 cm³/mol. The Morgan fingerprint density at radius 3 is 2.79 bits per heavy atom. The summed E-state index contributed by atoms with van der Waals surface area (Å²) in [7, 11) is 0. The Kier molecular flexibility index (Phi) is 4.26. The van der Waals surface area contributed by atoms with Crippen molar-refractivity contribution in [3.05, 3.63) is 52.0 Å². The Morgan fingerprint density at radius 1 is 1.47 bits per heavy atom. The maximum absolute atomic E-state index is 12.1. The van der Waals surface area contributed by atoms with Gasteiger partial charge in [0.05, 0.1) is 12.3 Å². The summed E-state index contributed by atoms with van der Waals surface area (Å²) in [5.41, 5.74) is 1.38. The van der Waals surface area contributed by atoms with Crippen LogP contribution >= 0.6 is 11.3 Å². The molecular formula is C14H12N2O2S. The van der Waals surface area contributed by atoms with Gasteiger partial charge in [-0.2, -0.15) is 5.26 Å². The molecule has 1 aromatic heterocycles. The summed E-state index contributed by atoms with van der Waals surface area (Å²) in [4.78, 5) is 16.3. The Balaban J connectivity index is 2.40. The summed E-state index contributed by atoms with van der Waals surface area (Å²) in [5, 5.41) is 10.9. The SMILES string of the molecule is CCOC(=O)C(c1ccccc1)c1csc(C#N)n1. The van der Waals surface area contributed by atoms with Crippen LogP contribution in [0, 0.1) is 11.3 Å². The second kappa shape index (κ2) is 6.12. The molecule has 0 saturated heterocycles. The van der Waals surface area contributed by atoms with Gasteiger partial charge in [0.2, 0.25) is 0 Å². The van der Waals surface area contributed by atoms with Crippen LogP contribution in [-0.4, -0.2) is 17.6 Å². The predicted octanol–water partition coefficient (Wildman–Crippen LogP) is 2.71. The van der Waals surface area contributed by atoms with Crippen molar-refractivity contribution in [2.75, 3.05) is 6.61 Å². The summed E-state index contributed by atoms with van der Waals surface area (Å²) in [5.74, 6) is -0.914. The monoisotopic (exact) mass is 272 g/mol. The van der Waals surface area contributed by atoms with Gasteiger partial charge in [-0.15, -0.1) is 11.3 Å². The standard InChI is InChI=1S/C14H12N2O2S/c1-2-18-14(17)13(10-6-4-3-5-7-10)11-9-19-12(8-15)16-11/h3-7,9,13H,2H2,1H3. The van der Waals surface area contributed by atoms with Crippen LogP contribution in [0.5, 0.6) is 0 Å². The van der Waals surface area contributed by atoms with Gasteiger partial charge in [0, 0.05) is 5.38 Å². The average molecular weight is 272 g/mol. The van der Waals surface area contributed by atoms with Gasteiger partial charge in [-0.3, -0.25) is 4.79 Å². The molecular weight excluding hydrogens is 260 g/mol. The number of aromatic nitrogens is 1. The molecule has 0 saturated carbocycles. The number of esters is 1. The minimum atomic E-state index is -0.570. The molecule has 4 nitrogen and oxygen atoms in total. The Bertz CT molecular complexity index is 601. The highest BCUT2D eigenvalue weighted by molar-refractivity contribution is 7.10. The maximum atomic E-state index is 12.1. The van der Waals surface area contributed by atoms with E-state index in [2.05, 4.69) is 4.98 Å². The average Bonchev–Trinajstić information content (AvgIpc) is 2.89. The molecule has 0 amide bonds. The fraction of sp³-hybridized carbons (Fsp3) is 0.214. The molecule has 0 fully saturated rings. The highest BCUT2D eigenvalue weighted by atomic mass is 32.1. The zero-order chi connectivity index (χ0) is 13.7. The number of benzene rings is 1. The van der Waals surface area contributed by atoms with Crippen LogP contribution in [0.2, 0.25) is 0 Å². The van der Waals surface area contributed by atoms with E-state index >= 15 is 0 Å². The third-order valence-electron chi connectivity index (χ3n) is 2.57. The number of thiazole rings is 1. The molecule has 2 aromatic rings. The van der Waals surface area contributed by atoms with Crippen LogP contribution in [0.25, 0.3) is 0 Å². The zero-order valence-electron chi connectivity index (χ0n) is 10.4. The van der Waals surface area contributed by atoms with E-state index in [1.54, 1.807) is 12.3 Å². The number of carbonyl (C=O) groups is 1. The molecule has 1 heterocycles. The topological polar surface area (TPSA) is 63.0 Å². The van der Waals surface area contributed by atoms with Crippen LogP contribution < -0.4 is 0 Å². The number of rotatable bonds is 4. The van der Waals surface area contributed by atoms with Crippen molar-refractivity contribution in [3.8, 4) is 6.07 Å². The van der Waals surface area contributed by atoms with Crippen LogP contribution in [0.4, 0.5) is 0 Å². The summed E-state index contributed by atoms with van der Waals surface area (Å²) in [6.45, 7) is 2.08. The lowest BCUT2D eigenvalue weighted by atomic mass is 9.96. The fourth-order valence-corrected chi connectivity index (χ4v) is 2.40. The number of nitriles is 1. The molecule has 0 bridgehead atoms. The van der Waals surface area contributed by atoms with Gasteiger partial charge in [0.15, 0.2) is 5.01 Å². The van der Waals surface area contributed by atoms with Crippen molar-refractivity contribution in [1.29, 1.82) is 5.26 Å². The largest absolute Gasteiger partial charge is 0.465 e. The second-order valence-electron chi connectivity index (χ2n) is 3.79. The van der Waals surface area contributed by atoms with E-state index in [1.165, 1.54) is 11.3 Å². The molecule has 0 spiro atoms. The third-order valence-corrected chi connectivity index (χ3v) is 3.33. The molecule has 5 heteroatoms. The van der Waals surface area contributed by atoms with Crippen molar-refractivity contribution in [2.45, 2.75) is 12.8 Å². The van der Waals surface area contributed by atoms with E-state index in [4.69, 9.17) is 10.00 Å². The van der Waals surface area contributed by atoms with Gasteiger partial charge in [-0.25, -0.2) is 4.98 Å². The van der Waals surface area contributed by atoms with E-state index in [1.807, 2.05) is 36.4 Å². The Hall–Kier alpha value is -2.19. The van der Waals surface area contributed by atoms with Gasteiger partial charge in [-0.05, 0) is 12.5 Å². The van der Waals surface area contributed by atoms with Crippen LogP contribution in [-0.2, 0) is 9.53 Å². The van der Waals surface area contributed by atoms with E-state index in [9.17, 15) is 4.79 Å². The molecule has 1 atom stereocenters. The van der Waals surface area contributed by atoms with Gasteiger partial charge in [-0.1, -0.05) is 30.3 Å². The smallest absolute Gasteiger partial charge is 0.319 e. The van der Waals surface area contributed by atoms with E-state index in [-0.39, 0.29) is 5.97 Å². The van der Waals surface area contributed by atoms with Gasteiger partial charge >= 0.3 is 5.97 Å². The number of hydrogen-bond acceptors (Lipinski definition) is 5. The summed E-state index contributed by atoms with van der Waals surface area (Å²) >= 11 is 1.23. The number of hydrogen-bond donors (Lipinski definition) is 0. The Labute approximate surface area is 115 Å². The summed E-state index contributed by atoms with van der Waals surface area (Å²) in [6.07, 6.45) is 0. The lowest BCUT2D eigenvalue weighted by molar-refractivity contribution is -0.143. The zero-order valence-corrected chi connectivity index (χ0v) is 11.2. The minimum absolute atomic E-state index is 0.317. The lowest BCUT2D eigenvalue weighted by Crippen LogP contribution is -2.17. The van der Waals surface area contributed by atoms with Crippen molar-refractivity contribution in [2.24, 2.45) is 0 Å². The number of carbonyl (C=O) groups excluding carboxylic acids is 1. The molecule has 0 aliphatic heterocycles. The van der Waals surface area contributed by atoms with E-state index < -0.39 is 5.92 Å². The van der Waals surface area contributed by atoms with Crippen LogP contribution in [0.15, 0.2) is 35.7 Å². The normalized spacial score (nSPS) is 11.6. The van der Waals surface area contributed by atoms with Crippen LogP contribution in [0.1, 0.15) is 29.1 Å². The van der Waals surface area contributed by atoms with Crippen molar-refractivity contribution >= 4 is 17.3 Å². The summed E-state index contributed by atoms with van der Waals surface area (Å²) in [6, 6.07) is 11.3. The Morgan fingerprint density at radius 2 is 2.21 bits per heavy atom. The van der Waals surface area contributed by atoms with Gasteiger partial charge < -0.3 is 4.74 Å². The van der Waals surface area contributed by atoms with Crippen molar-refractivity contribution in [3.63, 3.8) is 0 Å². The fourth-order valence-electron chi connectivity index (χ4n) is 1.77. The molecule has 96 valence electrons. The molecule has 1 unspecified atom stereocenters. The first-order valence-electron chi connectivity index (χ1n) is 5.83. The second-order valence-corrected chi connectivity index (χ2v) is 4.64. The molecule has 2 rings (SSSR count). The number of ether oxygens (including phenoxy) is 1. The molecule has 19 heavy (non-hydrogen) atoms. The van der Waals surface area contributed by atoms with E-state index in [0.29, 0.717) is 17.3 Å². The van der Waals surface area contributed by atoms with Crippen LogP contribution in [0.3, 0.4) is 0 Å². The first-order valence-corrected chi connectivity index (χ1v) is 6.71. The molecule has 0 N–H and O–H groups in total. The van der Waals surface area contributed by atoms with Crippen molar-refractivity contribution in [1.82, 2.24) is 4.98 Å². The number of nitrogens with zero attached hydrogens (tertiary/aromatic N) is 2. The molecule has 0 aliphatic carbocycles. The molecule has 0 aliphatic rings. The molecule has 0 radical (unpaired) electrons. The van der Waals surface area contributed by atoms with Gasteiger partial charge in [0.25, 0.3) is 0 Å². The highest BCUT2D eigenvalue weighted by Gasteiger charge is 2.26. The quantitative estimate of drug-likeness (QED) is 0.803. The summed E-state index contributed by atoms with van der Waals surface area (Å²) < 4.78 is 5.10. The molecule has 1 aromatic carbocycles. The first kappa shape index (κ1) is 13.2. The maximum Gasteiger partial charge on any atom is 0.319 e.